The lowest BCUT2D eigenvalue weighted by Crippen LogP contribution is -2.12. The van der Waals surface area contributed by atoms with Crippen molar-refractivity contribution in [2.45, 2.75) is 20.0 Å². The summed E-state index contributed by atoms with van der Waals surface area (Å²) in [6.07, 6.45) is 0. The topological polar surface area (TPSA) is 41.5 Å². The van der Waals surface area contributed by atoms with Crippen LogP contribution < -0.4 is 10.1 Å². The lowest BCUT2D eigenvalue weighted by Gasteiger charge is -2.11. The molecule has 0 amide bonds. The second-order valence-corrected chi connectivity index (χ2v) is 6.30. The summed E-state index contributed by atoms with van der Waals surface area (Å²) in [6.45, 7) is 4.11. The Morgan fingerprint density at radius 2 is 1.57 bits per heavy atom. The monoisotopic (exact) mass is 413 g/mol. The third kappa shape index (κ3) is 4.73. The van der Waals surface area contributed by atoms with Crippen LogP contribution in [0.3, 0.4) is 0 Å². The van der Waals surface area contributed by atoms with Crippen LogP contribution in [0.25, 0.3) is 0 Å². The molecule has 0 saturated carbocycles. The van der Waals surface area contributed by atoms with Gasteiger partial charge in [0, 0.05) is 13.1 Å². The van der Waals surface area contributed by atoms with Gasteiger partial charge >= 0.3 is 0 Å². The summed E-state index contributed by atoms with van der Waals surface area (Å²) in [5.41, 5.74) is 2.30. The molecule has 0 aromatic heterocycles. The van der Waals surface area contributed by atoms with Crippen molar-refractivity contribution in [2.24, 2.45) is 0 Å². The number of benzene rings is 2. The van der Waals surface area contributed by atoms with Gasteiger partial charge in [-0.15, -0.1) is 0 Å². The zero-order valence-electron chi connectivity index (χ0n) is 11.7. The van der Waals surface area contributed by atoms with Crippen molar-refractivity contribution >= 4 is 31.9 Å². The summed E-state index contributed by atoms with van der Waals surface area (Å²) < 4.78 is 7.46. The number of phenolic OH excluding ortho intramolecular Hbond substituents is 1. The molecule has 0 atom stereocenters. The maximum Gasteiger partial charge on any atom is 0.147 e. The smallest absolute Gasteiger partial charge is 0.147 e. The van der Waals surface area contributed by atoms with Crippen molar-refractivity contribution in [1.29, 1.82) is 0 Å². The van der Waals surface area contributed by atoms with Crippen LogP contribution in [0.2, 0.25) is 0 Å². The number of hydrogen-bond acceptors (Lipinski definition) is 3. The number of halogens is 2. The van der Waals surface area contributed by atoms with Crippen LogP contribution in [0.5, 0.6) is 11.5 Å². The molecule has 0 unspecified atom stereocenters. The summed E-state index contributed by atoms with van der Waals surface area (Å²) >= 11 is 7.07. The molecule has 2 rings (SSSR count). The van der Waals surface area contributed by atoms with Crippen molar-refractivity contribution in [2.75, 3.05) is 6.61 Å². The average molecular weight is 415 g/mol. The molecular formula is C16H17Br2NO2. The summed E-state index contributed by atoms with van der Waals surface area (Å²) in [7, 11) is 0. The van der Waals surface area contributed by atoms with Crippen LogP contribution in [-0.4, -0.2) is 11.7 Å². The van der Waals surface area contributed by atoms with Crippen molar-refractivity contribution in [1.82, 2.24) is 5.32 Å². The van der Waals surface area contributed by atoms with Gasteiger partial charge in [0.15, 0.2) is 0 Å². The molecule has 0 aliphatic rings. The molecule has 0 spiro atoms. The number of hydrogen-bond donors (Lipinski definition) is 2. The largest absolute Gasteiger partial charge is 0.508 e. The van der Waals surface area contributed by atoms with Crippen LogP contribution in [0.4, 0.5) is 0 Å². The third-order valence-corrected chi connectivity index (χ3v) is 4.12. The first kappa shape index (κ1) is 16.3. The fourth-order valence-electron chi connectivity index (χ4n) is 1.96. The molecule has 112 valence electrons. The SMILES string of the molecule is CCOc1c(Br)cc(CNCc2ccc(O)cc2)cc1Br. The van der Waals surface area contributed by atoms with Crippen LogP contribution in [0, 0.1) is 0 Å². The lowest BCUT2D eigenvalue weighted by molar-refractivity contribution is 0.336. The van der Waals surface area contributed by atoms with E-state index in [4.69, 9.17) is 4.74 Å². The molecule has 3 nitrogen and oxygen atoms in total. The highest BCUT2D eigenvalue weighted by molar-refractivity contribution is 9.11. The van der Waals surface area contributed by atoms with Gasteiger partial charge in [-0.25, -0.2) is 0 Å². The molecule has 5 heteroatoms. The predicted octanol–water partition coefficient (Wildman–Crippen LogP) is 4.61. The predicted molar refractivity (Wildman–Crippen MR) is 91.7 cm³/mol. The Morgan fingerprint density at radius 3 is 2.14 bits per heavy atom. The first-order chi connectivity index (χ1) is 10.1. The van der Waals surface area contributed by atoms with Crippen molar-refractivity contribution in [3.8, 4) is 11.5 Å². The summed E-state index contributed by atoms with van der Waals surface area (Å²) in [5.74, 6) is 1.12. The van der Waals surface area contributed by atoms with Crippen molar-refractivity contribution in [3.05, 3.63) is 56.5 Å². The second-order valence-electron chi connectivity index (χ2n) is 4.59. The lowest BCUT2D eigenvalue weighted by atomic mass is 10.2. The fourth-order valence-corrected chi connectivity index (χ4v) is 3.47. The van der Waals surface area contributed by atoms with Crippen molar-refractivity contribution < 1.29 is 9.84 Å². The molecule has 0 aliphatic carbocycles. The van der Waals surface area contributed by atoms with E-state index < -0.39 is 0 Å². The molecule has 2 aromatic carbocycles. The molecular weight excluding hydrogens is 398 g/mol. The van der Waals surface area contributed by atoms with E-state index in [0.717, 1.165) is 38.9 Å². The van der Waals surface area contributed by atoms with Crippen LogP contribution in [0.1, 0.15) is 18.1 Å². The molecule has 2 aromatic rings. The van der Waals surface area contributed by atoms with E-state index in [1.54, 1.807) is 12.1 Å². The Bertz CT molecular complexity index is 577. The molecule has 0 radical (unpaired) electrons. The molecule has 0 bridgehead atoms. The molecule has 0 fully saturated rings. The molecule has 0 heterocycles. The third-order valence-electron chi connectivity index (χ3n) is 2.94. The van der Waals surface area contributed by atoms with Crippen LogP contribution in [-0.2, 0) is 13.1 Å². The summed E-state index contributed by atoms with van der Waals surface area (Å²) in [5, 5.41) is 12.6. The van der Waals surface area contributed by atoms with Gasteiger partial charge in [-0.1, -0.05) is 12.1 Å². The zero-order valence-corrected chi connectivity index (χ0v) is 14.9. The molecule has 0 aliphatic heterocycles. The molecule has 2 N–H and O–H groups in total. The van der Waals surface area contributed by atoms with Gasteiger partial charge in [0.1, 0.15) is 11.5 Å². The first-order valence-corrected chi connectivity index (χ1v) is 8.28. The van der Waals surface area contributed by atoms with Gasteiger partial charge in [-0.05, 0) is 74.2 Å². The minimum Gasteiger partial charge on any atom is -0.508 e. The summed E-state index contributed by atoms with van der Waals surface area (Å²) in [4.78, 5) is 0. The minimum absolute atomic E-state index is 0.290. The van der Waals surface area contributed by atoms with E-state index in [-0.39, 0.29) is 5.75 Å². The maximum atomic E-state index is 9.25. The van der Waals surface area contributed by atoms with E-state index in [9.17, 15) is 5.11 Å². The normalized spacial score (nSPS) is 10.6. The average Bonchev–Trinajstić information content (AvgIpc) is 2.45. The Kier molecular flexibility index (Phi) is 6.08. The van der Waals surface area contributed by atoms with Gasteiger partial charge in [0.25, 0.3) is 0 Å². The van der Waals surface area contributed by atoms with E-state index in [1.165, 1.54) is 0 Å². The number of ether oxygens (including phenoxy) is 1. The van der Waals surface area contributed by atoms with Gasteiger partial charge < -0.3 is 15.2 Å². The Labute approximate surface area is 141 Å². The fraction of sp³-hybridized carbons (Fsp3) is 0.250. The maximum absolute atomic E-state index is 9.25. The van der Waals surface area contributed by atoms with E-state index in [2.05, 4.69) is 49.3 Å². The van der Waals surface area contributed by atoms with Gasteiger partial charge in [0.05, 0.1) is 15.6 Å². The van der Waals surface area contributed by atoms with Crippen LogP contribution >= 0.6 is 31.9 Å². The van der Waals surface area contributed by atoms with Gasteiger partial charge in [-0.3, -0.25) is 0 Å². The molecule has 21 heavy (non-hydrogen) atoms. The quantitative estimate of drug-likeness (QED) is 0.725. The number of nitrogens with one attached hydrogen (secondary N) is 1. The van der Waals surface area contributed by atoms with Gasteiger partial charge in [0.2, 0.25) is 0 Å². The minimum atomic E-state index is 0.290. The number of phenols is 1. The first-order valence-electron chi connectivity index (χ1n) is 6.69. The second kappa shape index (κ2) is 7.82. The highest BCUT2D eigenvalue weighted by atomic mass is 79.9. The van der Waals surface area contributed by atoms with Crippen LogP contribution in [0.15, 0.2) is 45.3 Å². The van der Waals surface area contributed by atoms with E-state index >= 15 is 0 Å². The highest BCUT2D eigenvalue weighted by Gasteiger charge is 2.08. The Hall–Kier alpha value is -1.04. The Morgan fingerprint density at radius 1 is 1.00 bits per heavy atom. The van der Waals surface area contributed by atoms with E-state index in [1.807, 2.05) is 19.1 Å². The highest BCUT2D eigenvalue weighted by Crippen LogP contribution is 2.34. The van der Waals surface area contributed by atoms with Gasteiger partial charge in [-0.2, -0.15) is 0 Å². The van der Waals surface area contributed by atoms with E-state index in [0.29, 0.717) is 6.61 Å². The zero-order chi connectivity index (χ0) is 15.2. The number of rotatable bonds is 6. The van der Waals surface area contributed by atoms with Crippen molar-refractivity contribution in [3.63, 3.8) is 0 Å². The summed E-state index contributed by atoms with van der Waals surface area (Å²) in [6, 6.07) is 11.3. The standard InChI is InChI=1S/C16H17Br2NO2/c1-2-21-16-14(17)7-12(8-15(16)18)10-19-9-11-3-5-13(20)6-4-11/h3-8,19-20H,2,9-10H2,1H3. The Balaban J connectivity index is 1.95. The number of aromatic hydroxyl groups is 1. The molecule has 0 saturated heterocycles.